The molecular formula is C5H5Cl4NTi. The fourth-order valence-corrected chi connectivity index (χ4v) is 0.313. The van der Waals surface area contributed by atoms with Crippen molar-refractivity contribution in [3.63, 3.8) is 0 Å². The molecular weight excluding hydrogens is 264 g/mol. The maximum Gasteiger partial charge on any atom is 0.0267 e. The molecule has 11 heavy (non-hydrogen) atoms. The van der Waals surface area contributed by atoms with Gasteiger partial charge in [0.15, 0.2) is 0 Å². The molecule has 1 nitrogen and oxygen atoms in total. The van der Waals surface area contributed by atoms with Crippen molar-refractivity contribution in [2.75, 3.05) is 0 Å². The first-order valence-corrected chi connectivity index (χ1v) is 11.2. The molecule has 62 valence electrons. The van der Waals surface area contributed by atoms with Gasteiger partial charge in [-0.2, -0.15) is 0 Å². The summed E-state index contributed by atoms with van der Waals surface area (Å²) in [5, 5.41) is 0. The minimum atomic E-state index is -3.11. The van der Waals surface area contributed by atoms with E-state index in [1.807, 2.05) is 18.2 Å². The molecule has 0 spiro atoms. The molecule has 0 radical (unpaired) electrons. The molecule has 0 saturated carbocycles. The first kappa shape index (κ1) is 12.0. The summed E-state index contributed by atoms with van der Waals surface area (Å²) >= 11 is -3.11. The van der Waals surface area contributed by atoms with Crippen LogP contribution >= 0.6 is 37.2 Å². The van der Waals surface area contributed by atoms with Crippen LogP contribution in [0, 0.1) is 0 Å². The van der Waals surface area contributed by atoms with Crippen LogP contribution in [0.15, 0.2) is 30.6 Å². The van der Waals surface area contributed by atoms with E-state index < -0.39 is 12.3 Å². The topological polar surface area (TPSA) is 12.9 Å². The average Bonchev–Trinajstić information content (AvgIpc) is 1.88. The Balaban J connectivity index is 0.000000187. The van der Waals surface area contributed by atoms with Gasteiger partial charge >= 0.3 is 49.6 Å². The van der Waals surface area contributed by atoms with Gasteiger partial charge in [0.1, 0.15) is 0 Å². The second-order valence-electron chi connectivity index (χ2n) is 1.45. The van der Waals surface area contributed by atoms with Crippen molar-refractivity contribution in [2.45, 2.75) is 0 Å². The van der Waals surface area contributed by atoms with Crippen molar-refractivity contribution in [2.24, 2.45) is 0 Å². The molecule has 0 aliphatic rings. The fourth-order valence-electron chi connectivity index (χ4n) is 0.313. The summed E-state index contributed by atoms with van der Waals surface area (Å²) in [6, 6.07) is 5.72. The monoisotopic (exact) mass is 267 g/mol. The van der Waals surface area contributed by atoms with Crippen molar-refractivity contribution in [3.05, 3.63) is 30.6 Å². The summed E-state index contributed by atoms with van der Waals surface area (Å²) in [7, 11) is 20.1. The minimum Gasteiger partial charge on any atom is -0.265 e. The zero-order valence-corrected chi connectivity index (χ0v) is 9.93. The van der Waals surface area contributed by atoms with E-state index in [0.29, 0.717) is 0 Å². The molecule has 0 aromatic carbocycles. The van der Waals surface area contributed by atoms with Gasteiger partial charge in [-0.1, -0.05) is 6.07 Å². The van der Waals surface area contributed by atoms with Crippen molar-refractivity contribution in [3.8, 4) is 0 Å². The summed E-state index contributed by atoms with van der Waals surface area (Å²) in [4.78, 5) is 3.78. The van der Waals surface area contributed by atoms with Crippen molar-refractivity contribution in [1.82, 2.24) is 4.98 Å². The predicted molar refractivity (Wildman–Crippen MR) is 47.6 cm³/mol. The first-order chi connectivity index (χ1) is 5.00. The quantitative estimate of drug-likeness (QED) is 0.652. The predicted octanol–water partition coefficient (Wildman–Crippen LogP) is 3.84. The molecule has 0 aliphatic carbocycles. The van der Waals surface area contributed by atoms with Gasteiger partial charge in [0.05, 0.1) is 0 Å². The van der Waals surface area contributed by atoms with Crippen LogP contribution in [0.3, 0.4) is 0 Å². The molecule has 0 N–H and O–H groups in total. The minimum absolute atomic E-state index is 1.75. The summed E-state index contributed by atoms with van der Waals surface area (Å²) < 4.78 is 0. The molecule has 1 aromatic rings. The Morgan fingerprint density at radius 1 is 0.818 bits per heavy atom. The van der Waals surface area contributed by atoms with Crippen LogP contribution in [-0.4, -0.2) is 4.98 Å². The third-order valence-corrected chi connectivity index (χ3v) is 0.566. The van der Waals surface area contributed by atoms with E-state index in [1.165, 1.54) is 0 Å². The number of hydrogen-bond donors (Lipinski definition) is 0. The number of aromatic nitrogens is 1. The Labute approximate surface area is 84.5 Å². The molecule has 0 aliphatic heterocycles. The number of hydrogen-bond acceptors (Lipinski definition) is 1. The van der Waals surface area contributed by atoms with Crippen LogP contribution in [0.2, 0.25) is 0 Å². The van der Waals surface area contributed by atoms with Gasteiger partial charge in [-0.25, -0.2) is 0 Å². The van der Waals surface area contributed by atoms with Gasteiger partial charge in [-0.3, -0.25) is 4.98 Å². The summed E-state index contributed by atoms with van der Waals surface area (Å²) in [6.45, 7) is 0. The van der Waals surface area contributed by atoms with Crippen LogP contribution in [0.4, 0.5) is 0 Å². The average molecular weight is 269 g/mol. The summed E-state index contributed by atoms with van der Waals surface area (Å²) in [5.41, 5.74) is 0. The van der Waals surface area contributed by atoms with E-state index in [-0.39, 0.29) is 0 Å². The Morgan fingerprint density at radius 2 is 1.18 bits per heavy atom. The number of pyridine rings is 1. The van der Waals surface area contributed by atoms with Crippen LogP contribution in [0.5, 0.6) is 0 Å². The zero-order valence-electron chi connectivity index (χ0n) is 5.35. The molecule has 0 saturated heterocycles. The van der Waals surface area contributed by atoms with E-state index in [1.54, 1.807) is 12.4 Å². The third kappa shape index (κ3) is 18.2. The van der Waals surface area contributed by atoms with Gasteiger partial charge in [0, 0.05) is 12.4 Å². The van der Waals surface area contributed by atoms with Gasteiger partial charge in [0.2, 0.25) is 0 Å². The maximum atomic E-state index is 5.01. The molecule has 0 fully saturated rings. The van der Waals surface area contributed by atoms with Crippen molar-refractivity contribution >= 4 is 37.2 Å². The normalized spacial score (nSPS) is 9.82. The number of nitrogens with zero attached hydrogens (tertiary/aromatic N) is 1. The van der Waals surface area contributed by atoms with Gasteiger partial charge in [-0.15, -0.1) is 0 Å². The van der Waals surface area contributed by atoms with Crippen molar-refractivity contribution < 1.29 is 12.3 Å². The Hall–Kier alpha value is 1.02. The van der Waals surface area contributed by atoms with Crippen LogP contribution in [0.25, 0.3) is 0 Å². The van der Waals surface area contributed by atoms with E-state index in [9.17, 15) is 0 Å². The van der Waals surface area contributed by atoms with E-state index in [4.69, 9.17) is 37.2 Å². The molecule has 1 aromatic heterocycles. The molecule has 0 bridgehead atoms. The van der Waals surface area contributed by atoms with Crippen LogP contribution < -0.4 is 0 Å². The fraction of sp³-hybridized carbons (Fsp3) is 0. The number of rotatable bonds is 0. The van der Waals surface area contributed by atoms with Gasteiger partial charge in [0.25, 0.3) is 0 Å². The molecule has 6 heteroatoms. The molecule has 0 atom stereocenters. The van der Waals surface area contributed by atoms with E-state index in [0.717, 1.165) is 0 Å². The summed E-state index contributed by atoms with van der Waals surface area (Å²) in [5.74, 6) is 0. The first-order valence-electron chi connectivity index (χ1n) is 2.61. The standard InChI is InChI=1S/C5H5N.4ClH.Ti/c1-2-4-6-5-3-1;;;;;/h1-5H;4*1H;/q;;;;;+4/p-4. The van der Waals surface area contributed by atoms with Crippen molar-refractivity contribution in [1.29, 1.82) is 0 Å². The Kier molecular flexibility index (Phi) is 7.14. The Morgan fingerprint density at radius 3 is 1.27 bits per heavy atom. The molecule has 1 heterocycles. The van der Waals surface area contributed by atoms with Crippen LogP contribution in [0.1, 0.15) is 0 Å². The molecule has 0 amide bonds. The summed E-state index contributed by atoms with van der Waals surface area (Å²) in [6.07, 6.45) is 3.50. The second kappa shape index (κ2) is 6.53. The van der Waals surface area contributed by atoms with Gasteiger partial charge in [-0.05, 0) is 12.1 Å². The maximum absolute atomic E-state index is 5.01. The smallest absolute Gasteiger partial charge is 0.0267 e. The molecule has 0 unspecified atom stereocenters. The van der Waals surface area contributed by atoms with E-state index in [2.05, 4.69) is 4.98 Å². The number of halogens is 4. The third-order valence-electron chi connectivity index (χ3n) is 0.566. The largest absolute Gasteiger partial charge is 0.265 e. The van der Waals surface area contributed by atoms with Crippen LogP contribution in [-0.2, 0) is 12.3 Å². The van der Waals surface area contributed by atoms with Gasteiger partial charge < -0.3 is 0 Å². The van der Waals surface area contributed by atoms with E-state index >= 15 is 0 Å². The molecule has 1 rings (SSSR count). The SMILES string of the molecule is [Cl][Ti]([Cl])([Cl])[Cl].c1ccncc1. The second-order valence-corrected chi connectivity index (χ2v) is 16.9. The zero-order chi connectivity index (χ0) is 8.74. The Bertz CT molecular complexity index is 143.